The molecule has 1 unspecified atom stereocenters. The van der Waals surface area contributed by atoms with E-state index in [0.717, 1.165) is 25.3 Å². The van der Waals surface area contributed by atoms with Gasteiger partial charge in [-0.05, 0) is 45.1 Å². The highest BCUT2D eigenvalue weighted by Gasteiger charge is 2.28. The minimum absolute atomic E-state index is 0.0810. The first-order valence-corrected chi connectivity index (χ1v) is 5.81. The average molecular weight is 196 g/mol. The van der Waals surface area contributed by atoms with Crippen LogP contribution in [0.4, 0.5) is 0 Å². The Morgan fingerprint density at radius 1 is 1.36 bits per heavy atom. The molecule has 0 bridgehead atoms. The van der Waals surface area contributed by atoms with E-state index in [-0.39, 0.29) is 11.9 Å². The minimum atomic E-state index is 0.0810. The lowest BCUT2D eigenvalue weighted by Crippen LogP contribution is -2.47. The van der Waals surface area contributed by atoms with Gasteiger partial charge in [0.15, 0.2) is 0 Å². The second-order valence-electron chi connectivity index (χ2n) is 4.64. The molecule has 1 aliphatic heterocycles. The first kappa shape index (κ1) is 9.97. The van der Waals surface area contributed by atoms with E-state index in [2.05, 4.69) is 17.6 Å². The van der Waals surface area contributed by atoms with Crippen LogP contribution < -0.4 is 10.6 Å². The largest absolute Gasteiger partial charge is 0.352 e. The number of amides is 1. The molecule has 0 spiro atoms. The van der Waals surface area contributed by atoms with Crippen molar-refractivity contribution in [2.24, 2.45) is 5.92 Å². The quantitative estimate of drug-likeness (QED) is 0.708. The maximum absolute atomic E-state index is 11.7. The summed E-state index contributed by atoms with van der Waals surface area (Å²) >= 11 is 0. The molecule has 0 aromatic carbocycles. The lowest BCUT2D eigenvalue weighted by molar-refractivity contribution is -0.123. The van der Waals surface area contributed by atoms with Crippen LogP contribution in [0.1, 0.15) is 39.0 Å². The average Bonchev–Trinajstić information content (AvgIpc) is 2.51. The Balaban J connectivity index is 1.75. The van der Waals surface area contributed by atoms with Gasteiger partial charge in [0.2, 0.25) is 5.91 Å². The van der Waals surface area contributed by atoms with E-state index in [1.807, 2.05) is 0 Å². The Hall–Kier alpha value is -0.570. The van der Waals surface area contributed by atoms with Crippen LogP contribution >= 0.6 is 0 Å². The molecule has 80 valence electrons. The SMILES string of the molecule is CC(NC(=O)[C@H]1CCCN1)C1CCC1. The zero-order chi connectivity index (χ0) is 9.97. The third-order valence-electron chi connectivity index (χ3n) is 3.60. The molecule has 1 heterocycles. The van der Waals surface area contributed by atoms with E-state index in [1.54, 1.807) is 0 Å². The van der Waals surface area contributed by atoms with Gasteiger partial charge in [-0.15, -0.1) is 0 Å². The summed E-state index contributed by atoms with van der Waals surface area (Å²) in [7, 11) is 0. The van der Waals surface area contributed by atoms with Crippen LogP contribution in [0.3, 0.4) is 0 Å². The number of rotatable bonds is 3. The summed E-state index contributed by atoms with van der Waals surface area (Å²) in [4.78, 5) is 11.7. The van der Waals surface area contributed by atoms with Crippen LogP contribution in [-0.2, 0) is 4.79 Å². The first-order chi connectivity index (χ1) is 6.77. The van der Waals surface area contributed by atoms with Crippen LogP contribution in [0, 0.1) is 5.92 Å². The highest BCUT2D eigenvalue weighted by atomic mass is 16.2. The Bertz CT molecular complexity index is 207. The minimum Gasteiger partial charge on any atom is -0.352 e. The van der Waals surface area contributed by atoms with Gasteiger partial charge in [0, 0.05) is 6.04 Å². The summed E-state index contributed by atoms with van der Waals surface area (Å²) in [5, 5.41) is 6.35. The Morgan fingerprint density at radius 2 is 2.14 bits per heavy atom. The number of hydrogen-bond acceptors (Lipinski definition) is 2. The molecule has 14 heavy (non-hydrogen) atoms. The third-order valence-corrected chi connectivity index (χ3v) is 3.60. The molecule has 1 amide bonds. The maximum atomic E-state index is 11.7. The van der Waals surface area contributed by atoms with Crippen molar-refractivity contribution in [2.45, 2.75) is 51.1 Å². The standard InChI is InChI=1S/C11H20N2O/c1-8(9-4-2-5-9)13-11(14)10-6-3-7-12-10/h8-10,12H,2-7H2,1H3,(H,13,14)/t8?,10-/m1/s1. The van der Waals surface area contributed by atoms with Gasteiger partial charge in [0.05, 0.1) is 6.04 Å². The number of carbonyl (C=O) groups excluding carboxylic acids is 1. The van der Waals surface area contributed by atoms with Crippen molar-refractivity contribution in [3.05, 3.63) is 0 Å². The number of nitrogens with one attached hydrogen (secondary N) is 2. The molecule has 3 heteroatoms. The second kappa shape index (κ2) is 4.30. The van der Waals surface area contributed by atoms with Crippen LogP contribution in [0.25, 0.3) is 0 Å². The van der Waals surface area contributed by atoms with E-state index < -0.39 is 0 Å². The van der Waals surface area contributed by atoms with Crippen molar-refractivity contribution >= 4 is 5.91 Å². The van der Waals surface area contributed by atoms with Gasteiger partial charge in [0.1, 0.15) is 0 Å². The molecule has 2 fully saturated rings. The summed E-state index contributed by atoms with van der Waals surface area (Å²) in [6, 6.07) is 0.455. The fourth-order valence-electron chi connectivity index (χ4n) is 2.29. The van der Waals surface area contributed by atoms with E-state index in [0.29, 0.717) is 6.04 Å². The predicted molar refractivity (Wildman–Crippen MR) is 56.0 cm³/mol. The van der Waals surface area contributed by atoms with Crippen molar-refractivity contribution < 1.29 is 4.79 Å². The molecule has 1 aliphatic carbocycles. The third kappa shape index (κ3) is 2.08. The van der Waals surface area contributed by atoms with Crippen molar-refractivity contribution in [2.75, 3.05) is 6.54 Å². The van der Waals surface area contributed by atoms with Gasteiger partial charge in [-0.25, -0.2) is 0 Å². The van der Waals surface area contributed by atoms with Crippen LogP contribution in [-0.4, -0.2) is 24.5 Å². The van der Waals surface area contributed by atoms with E-state index in [4.69, 9.17) is 0 Å². The summed E-state index contributed by atoms with van der Waals surface area (Å²) in [6.45, 7) is 3.13. The van der Waals surface area contributed by atoms with Crippen molar-refractivity contribution in [3.63, 3.8) is 0 Å². The van der Waals surface area contributed by atoms with Crippen LogP contribution in [0.2, 0.25) is 0 Å². The molecule has 3 nitrogen and oxygen atoms in total. The molecule has 2 N–H and O–H groups in total. The molecule has 2 aliphatic rings. The molecule has 1 saturated heterocycles. The van der Waals surface area contributed by atoms with Crippen molar-refractivity contribution in [1.29, 1.82) is 0 Å². The van der Waals surface area contributed by atoms with E-state index in [1.165, 1.54) is 19.3 Å². The van der Waals surface area contributed by atoms with Gasteiger partial charge in [-0.3, -0.25) is 4.79 Å². The smallest absolute Gasteiger partial charge is 0.237 e. The van der Waals surface area contributed by atoms with Gasteiger partial charge < -0.3 is 10.6 Å². The van der Waals surface area contributed by atoms with Gasteiger partial charge in [-0.1, -0.05) is 6.42 Å². The number of carbonyl (C=O) groups is 1. The lowest BCUT2D eigenvalue weighted by Gasteiger charge is -2.32. The Kier molecular flexibility index (Phi) is 3.06. The van der Waals surface area contributed by atoms with E-state index in [9.17, 15) is 4.79 Å². The van der Waals surface area contributed by atoms with Gasteiger partial charge in [0.25, 0.3) is 0 Å². The van der Waals surface area contributed by atoms with E-state index >= 15 is 0 Å². The molecule has 0 aromatic rings. The second-order valence-corrected chi connectivity index (χ2v) is 4.64. The fraction of sp³-hybridized carbons (Fsp3) is 0.909. The summed E-state index contributed by atoms with van der Waals surface area (Å²) in [5.41, 5.74) is 0. The number of hydrogen-bond donors (Lipinski definition) is 2. The molecule has 2 rings (SSSR count). The molecule has 0 aromatic heterocycles. The Morgan fingerprint density at radius 3 is 2.64 bits per heavy atom. The lowest BCUT2D eigenvalue weighted by atomic mass is 9.80. The van der Waals surface area contributed by atoms with Crippen LogP contribution in [0.15, 0.2) is 0 Å². The monoisotopic (exact) mass is 196 g/mol. The molecular weight excluding hydrogens is 176 g/mol. The molecular formula is C11H20N2O. The predicted octanol–water partition coefficient (Wildman–Crippen LogP) is 1.04. The fourth-order valence-corrected chi connectivity index (χ4v) is 2.29. The Labute approximate surface area is 85.6 Å². The first-order valence-electron chi connectivity index (χ1n) is 5.81. The normalized spacial score (nSPS) is 29.6. The summed E-state index contributed by atoms with van der Waals surface area (Å²) in [6.07, 6.45) is 6.06. The van der Waals surface area contributed by atoms with Gasteiger partial charge in [-0.2, -0.15) is 0 Å². The maximum Gasteiger partial charge on any atom is 0.237 e. The molecule has 1 saturated carbocycles. The van der Waals surface area contributed by atoms with Crippen molar-refractivity contribution in [3.8, 4) is 0 Å². The topological polar surface area (TPSA) is 41.1 Å². The summed E-state index contributed by atoms with van der Waals surface area (Å²) < 4.78 is 0. The zero-order valence-corrected chi connectivity index (χ0v) is 8.88. The summed E-state index contributed by atoms with van der Waals surface area (Å²) in [5.74, 6) is 0.947. The van der Waals surface area contributed by atoms with Crippen LogP contribution in [0.5, 0.6) is 0 Å². The molecule has 0 radical (unpaired) electrons. The van der Waals surface area contributed by atoms with Gasteiger partial charge >= 0.3 is 0 Å². The molecule has 2 atom stereocenters. The van der Waals surface area contributed by atoms with Crippen molar-refractivity contribution in [1.82, 2.24) is 10.6 Å². The zero-order valence-electron chi connectivity index (χ0n) is 8.88. The highest BCUT2D eigenvalue weighted by molar-refractivity contribution is 5.82. The highest BCUT2D eigenvalue weighted by Crippen LogP contribution is 2.29.